The van der Waals surface area contributed by atoms with Crippen LogP contribution in [-0.2, 0) is 9.53 Å². The van der Waals surface area contributed by atoms with Gasteiger partial charge in [-0.25, -0.2) is 14.4 Å². The minimum Gasteiger partial charge on any atom is -0.381 e. The smallest absolute Gasteiger partial charge is 0.227 e. The molecule has 1 aromatic rings. The quantitative estimate of drug-likeness (QED) is 0.837. The molecule has 0 bridgehead atoms. The number of anilines is 1. The third-order valence-electron chi connectivity index (χ3n) is 4.75. The number of ether oxygens (including phenoxy) is 1. The zero-order valence-electron chi connectivity index (χ0n) is 13.4. The molecule has 2 aliphatic rings. The van der Waals surface area contributed by atoms with Gasteiger partial charge >= 0.3 is 0 Å². The number of amides is 1. The average molecular weight is 322 g/mol. The van der Waals surface area contributed by atoms with Crippen molar-refractivity contribution < 1.29 is 13.9 Å². The lowest BCUT2D eigenvalue weighted by Gasteiger charge is -2.35. The van der Waals surface area contributed by atoms with Gasteiger partial charge in [0.15, 0.2) is 11.6 Å². The molecule has 1 amide bonds. The summed E-state index contributed by atoms with van der Waals surface area (Å²) in [6.45, 7) is 3.51. The highest BCUT2D eigenvalue weighted by Crippen LogP contribution is 2.24. The lowest BCUT2D eigenvalue weighted by Crippen LogP contribution is -2.41. The van der Waals surface area contributed by atoms with E-state index in [0.717, 1.165) is 38.9 Å². The molecular weight excluding hydrogens is 299 g/mol. The number of aromatic nitrogens is 2. The van der Waals surface area contributed by atoms with Gasteiger partial charge in [-0.15, -0.1) is 0 Å². The first-order chi connectivity index (χ1) is 11.1. The third-order valence-corrected chi connectivity index (χ3v) is 4.75. The summed E-state index contributed by atoms with van der Waals surface area (Å²) in [5, 5.41) is 0. The molecule has 0 saturated carbocycles. The lowest BCUT2D eigenvalue weighted by molar-refractivity contribution is -0.134. The molecule has 0 aliphatic carbocycles. The Bertz CT molecular complexity index is 543. The molecule has 0 aromatic carbocycles. The van der Waals surface area contributed by atoms with E-state index in [-0.39, 0.29) is 17.6 Å². The maximum Gasteiger partial charge on any atom is 0.227 e. The normalized spacial score (nSPS) is 22.3. The largest absolute Gasteiger partial charge is 0.381 e. The Morgan fingerprint density at radius 1 is 1.43 bits per heavy atom. The fourth-order valence-corrected chi connectivity index (χ4v) is 3.38. The predicted molar refractivity (Wildman–Crippen MR) is 83.5 cm³/mol. The summed E-state index contributed by atoms with van der Waals surface area (Å²) in [5.74, 6) is 0.667. The van der Waals surface area contributed by atoms with E-state index in [2.05, 4.69) is 9.97 Å². The van der Waals surface area contributed by atoms with E-state index < -0.39 is 0 Å². The fourth-order valence-electron chi connectivity index (χ4n) is 3.38. The van der Waals surface area contributed by atoms with Crippen molar-refractivity contribution >= 4 is 11.7 Å². The Hall–Kier alpha value is -1.76. The van der Waals surface area contributed by atoms with Crippen molar-refractivity contribution in [1.82, 2.24) is 14.9 Å². The summed E-state index contributed by atoms with van der Waals surface area (Å²) in [6.07, 6.45) is 5.27. The van der Waals surface area contributed by atoms with E-state index in [1.54, 1.807) is 0 Å². The van der Waals surface area contributed by atoms with Gasteiger partial charge in [0.1, 0.15) is 6.33 Å². The van der Waals surface area contributed by atoms with Gasteiger partial charge in [0.25, 0.3) is 0 Å². The number of halogens is 1. The maximum atomic E-state index is 13.7. The molecule has 1 atom stereocenters. The summed E-state index contributed by atoms with van der Waals surface area (Å²) in [6, 6.07) is 0. The number of hydrogen-bond acceptors (Lipinski definition) is 5. The number of nitrogens with zero attached hydrogens (tertiary/aromatic N) is 4. The van der Waals surface area contributed by atoms with Crippen LogP contribution >= 0.6 is 0 Å². The molecule has 0 radical (unpaired) electrons. The standard InChI is InChI=1S/C16H23FN4O2/c1-20(16(22)13-4-7-23-10-13)9-12-2-5-21(6-3-12)15-14(17)8-18-11-19-15/h8,11-13H,2-7,9-10H2,1H3. The molecular formula is C16H23FN4O2. The van der Waals surface area contributed by atoms with Crippen LogP contribution in [0.25, 0.3) is 0 Å². The summed E-state index contributed by atoms with van der Waals surface area (Å²) in [4.78, 5) is 23.8. The SMILES string of the molecule is CN(CC1CCN(c2ncncc2F)CC1)C(=O)C1CCOC1. The molecule has 3 heterocycles. The van der Waals surface area contributed by atoms with Crippen LogP contribution in [0, 0.1) is 17.7 Å². The molecule has 3 rings (SSSR count). The van der Waals surface area contributed by atoms with E-state index >= 15 is 0 Å². The second-order valence-corrected chi connectivity index (χ2v) is 6.40. The molecule has 23 heavy (non-hydrogen) atoms. The van der Waals surface area contributed by atoms with Gasteiger partial charge in [0.2, 0.25) is 5.91 Å². The van der Waals surface area contributed by atoms with Crippen molar-refractivity contribution in [2.45, 2.75) is 19.3 Å². The lowest BCUT2D eigenvalue weighted by atomic mass is 9.95. The topological polar surface area (TPSA) is 58.6 Å². The van der Waals surface area contributed by atoms with Gasteiger partial charge in [0.05, 0.1) is 18.7 Å². The molecule has 1 aromatic heterocycles. The Labute approximate surface area is 135 Å². The van der Waals surface area contributed by atoms with Crippen molar-refractivity contribution in [3.63, 3.8) is 0 Å². The zero-order chi connectivity index (χ0) is 16.2. The summed E-state index contributed by atoms with van der Waals surface area (Å²) < 4.78 is 19.0. The Balaban J connectivity index is 1.49. The monoisotopic (exact) mass is 322 g/mol. The number of hydrogen-bond donors (Lipinski definition) is 0. The van der Waals surface area contributed by atoms with Crippen molar-refractivity contribution in [3.8, 4) is 0 Å². The molecule has 0 spiro atoms. The second kappa shape index (κ2) is 7.21. The van der Waals surface area contributed by atoms with Crippen LogP contribution in [-0.4, -0.2) is 60.7 Å². The van der Waals surface area contributed by atoms with Crippen molar-refractivity contribution in [3.05, 3.63) is 18.3 Å². The van der Waals surface area contributed by atoms with Gasteiger partial charge in [-0.2, -0.15) is 0 Å². The first-order valence-electron chi connectivity index (χ1n) is 8.18. The summed E-state index contributed by atoms with van der Waals surface area (Å²) >= 11 is 0. The third kappa shape index (κ3) is 3.77. The molecule has 6 nitrogen and oxygen atoms in total. The molecule has 2 aliphatic heterocycles. The molecule has 126 valence electrons. The minimum atomic E-state index is -0.375. The van der Waals surface area contributed by atoms with Gasteiger partial charge in [-0.1, -0.05) is 0 Å². The highest BCUT2D eigenvalue weighted by Gasteiger charge is 2.29. The van der Waals surface area contributed by atoms with E-state index in [1.165, 1.54) is 12.5 Å². The molecule has 2 saturated heterocycles. The summed E-state index contributed by atoms with van der Waals surface area (Å²) in [7, 11) is 1.87. The van der Waals surface area contributed by atoms with Crippen LogP contribution in [0.2, 0.25) is 0 Å². The zero-order valence-corrected chi connectivity index (χ0v) is 13.4. The van der Waals surface area contributed by atoms with E-state index in [0.29, 0.717) is 24.9 Å². The Kier molecular flexibility index (Phi) is 5.05. The number of carbonyl (C=O) groups is 1. The number of piperidine rings is 1. The molecule has 0 N–H and O–H groups in total. The van der Waals surface area contributed by atoms with E-state index in [9.17, 15) is 9.18 Å². The predicted octanol–water partition coefficient (Wildman–Crippen LogP) is 1.33. The first kappa shape index (κ1) is 16.1. The Morgan fingerprint density at radius 2 is 2.22 bits per heavy atom. The highest BCUT2D eigenvalue weighted by molar-refractivity contribution is 5.78. The van der Waals surface area contributed by atoms with Crippen molar-refractivity contribution in [2.24, 2.45) is 11.8 Å². The average Bonchev–Trinajstić information content (AvgIpc) is 3.10. The minimum absolute atomic E-state index is 0.0233. The number of carbonyl (C=O) groups excluding carboxylic acids is 1. The van der Waals surface area contributed by atoms with Crippen molar-refractivity contribution in [1.29, 1.82) is 0 Å². The second-order valence-electron chi connectivity index (χ2n) is 6.40. The first-order valence-corrected chi connectivity index (χ1v) is 8.18. The van der Waals surface area contributed by atoms with Gasteiger partial charge in [0, 0.05) is 33.3 Å². The fraction of sp³-hybridized carbons (Fsp3) is 0.688. The molecule has 7 heteroatoms. The van der Waals surface area contributed by atoms with Gasteiger partial charge in [-0.05, 0) is 25.2 Å². The van der Waals surface area contributed by atoms with E-state index in [1.807, 2.05) is 16.8 Å². The van der Waals surface area contributed by atoms with E-state index in [4.69, 9.17) is 4.74 Å². The van der Waals surface area contributed by atoms with Crippen LogP contribution in [0.15, 0.2) is 12.5 Å². The number of rotatable bonds is 4. The molecule has 2 fully saturated rings. The summed E-state index contributed by atoms with van der Waals surface area (Å²) in [5.41, 5.74) is 0. The van der Waals surface area contributed by atoms with Gasteiger partial charge < -0.3 is 14.5 Å². The highest BCUT2D eigenvalue weighted by atomic mass is 19.1. The van der Waals surface area contributed by atoms with Crippen LogP contribution in [0.1, 0.15) is 19.3 Å². The van der Waals surface area contributed by atoms with Crippen LogP contribution in [0.3, 0.4) is 0 Å². The maximum absolute atomic E-state index is 13.7. The van der Waals surface area contributed by atoms with Crippen LogP contribution in [0.4, 0.5) is 10.2 Å². The van der Waals surface area contributed by atoms with Crippen LogP contribution in [0.5, 0.6) is 0 Å². The molecule has 1 unspecified atom stereocenters. The van der Waals surface area contributed by atoms with Crippen molar-refractivity contribution in [2.75, 3.05) is 44.8 Å². The van der Waals surface area contributed by atoms with Gasteiger partial charge in [-0.3, -0.25) is 4.79 Å². The Morgan fingerprint density at radius 3 is 2.87 bits per heavy atom. The van der Waals surface area contributed by atoms with Crippen LogP contribution < -0.4 is 4.90 Å².